The molecule has 29 heavy (non-hydrogen) atoms. The summed E-state index contributed by atoms with van der Waals surface area (Å²) in [7, 11) is -4.02. The number of benzene rings is 2. The highest BCUT2D eigenvalue weighted by Crippen LogP contribution is 2.39. The zero-order valence-corrected chi connectivity index (χ0v) is 18.6. The number of ether oxygens (including phenoxy) is 2. The Morgan fingerprint density at radius 1 is 1.28 bits per heavy atom. The Morgan fingerprint density at radius 3 is 2.76 bits per heavy atom. The molecular weight excluding hydrogens is 460 g/mol. The van der Waals surface area contributed by atoms with Crippen LogP contribution in [0.2, 0.25) is 0 Å². The molecule has 1 aliphatic heterocycles. The van der Waals surface area contributed by atoms with E-state index >= 15 is 0 Å². The summed E-state index contributed by atoms with van der Waals surface area (Å²) < 4.78 is 40.4. The molecule has 0 saturated heterocycles. The van der Waals surface area contributed by atoms with Gasteiger partial charge in [-0.25, -0.2) is 8.42 Å². The lowest BCUT2D eigenvalue weighted by Gasteiger charge is -2.35. The van der Waals surface area contributed by atoms with Crippen molar-refractivity contribution >= 4 is 37.5 Å². The van der Waals surface area contributed by atoms with E-state index in [-0.39, 0.29) is 23.1 Å². The van der Waals surface area contributed by atoms with Gasteiger partial charge in [-0.05, 0) is 43.7 Å². The monoisotopic (exact) mass is 482 g/mol. The summed E-state index contributed by atoms with van der Waals surface area (Å²) in [4.78, 5) is 12.5. The molecule has 1 atom stereocenters. The first kappa shape index (κ1) is 21.4. The smallest absolute Gasteiger partial charge is 0.268 e. The van der Waals surface area contributed by atoms with Crippen molar-refractivity contribution in [2.75, 3.05) is 24.0 Å². The van der Waals surface area contributed by atoms with Gasteiger partial charge in [0.25, 0.3) is 15.9 Å². The van der Waals surface area contributed by atoms with Crippen molar-refractivity contribution in [1.82, 2.24) is 5.32 Å². The van der Waals surface area contributed by atoms with Crippen molar-refractivity contribution in [3.05, 3.63) is 46.9 Å². The van der Waals surface area contributed by atoms with Crippen LogP contribution in [0.15, 0.2) is 51.8 Å². The molecule has 1 N–H and O–H groups in total. The number of halogens is 1. The van der Waals surface area contributed by atoms with Crippen LogP contribution in [-0.4, -0.2) is 40.1 Å². The van der Waals surface area contributed by atoms with Crippen molar-refractivity contribution in [2.45, 2.75) is 31.3 Å². The van der Waals surface area contributed by atoms with Crippen LogP contribution >= 0.6 is 15.9 Å². The molecule has 0 spiro atoms. The standard InChI is InChI=1S/C20H23BrN2O5S/c1-3-11-22-20(24)18-13-23(15-7-5-6-8-16(15)28-18)29(25,26)19-12-14(21)9-10-17(19)27-4-2/h5-10,12,18H,3-4,11,13H2,1-2H3,(H,22,24). The molecule has 156 valence electrons. The molecule has 1 amide bonds. The fourth-order valence-electron chi connectivity index (χ4n) is 3.01. The number of nitrogens with one attached hydrogen (secondary N) is 1. The third-order valence-corrected chi connectivity index (χ3v) is 6.64. The SMILES string of the molecule is CCCNC(=O)C1CN(S(=O)(=O)c2cc(Br)ccc2OCC)c2ccccc2O1. The van der Waals surface area contributed by atoms with E-state index in [4.69, 9.17) is 9.47 Å². The molecule has 1 heterocycles. The van der Waals surface area contributed by atoms with Crippen LogP contribution in [0.5, 0.6) is 11.5 Å². The number of amides is 1. The van der Waals surface area contributed by atoms with E-state index in [0.29, 0.717) is 29.1 Å². The zero-order valence-electron chi connectivity index (χ0n) is 16.2. The first-order valence-corrected chi connectivity index (χ1v) is 11.6. The minimum atomic E-state index is -4.02. The zero-order chi connectivity index (χ0) is 21.0. The van der Waals surface area contributed by atoms with E-state index in [1.54, 1.807) is 43.3 Å². The molecule has 7 nitrogen and oxygen atoms in total. The van der Waals surface area contributed by atoms with E-state index in [1.807, 2.05) is 6.92 Å². The van der Waals surface area contributed by atoms with Gasteiger partial charge in [-0.3, -0.25) is 9.10 Å². The molecule has 0 saturated carbocycles. The van der Waals surface area contributed by atoms with E-state index in [0.717, 1.165) is 6.42 Å². The summed E-state index contributed by atoms with van der Waals surface area (Å²) in [5.41, 5.74) is 0.384. The maximum Gasteiger partial charge on any atom is 0.268 e. The van der Waals surface area contributed by atoms with Crippen LogP contribution in [0.4, 0.5) is 5.69 Å². The Balaban J connectivity index is 2.06. The topological polar surface area (TPSA) is 84.9 Å². The Morgan fingerprint density at radius 2 is 2.03 bits per heavy atom. The van der Waals surface area contributed by atoms with Gasteiger partial charge in [-0.15, -0.1) is 0 Å². The van der Waals surface area contributed by atoms with E-state index in [1.165, 1.54) is 10.4 Å². The molecule has 0 fully saturated rings. The molecule has 3 rings (SSSR count). The lowest BCUT2D eigenvalue weighted by atomic mass is 10.2. The largest absolute Gasteiger partial charge is 0.492 e. The Bertz CT molecular complexity index is 996. The van der Waals surface area contributed by atoms with Crippen LogP contribution in [-0.2, 0) is 14.8 Å². The van der Waals surface area contributed by atoms with Crippen LogP contribution in [0.1, 0.15) is 20.3 Å². The molecule has 0 aliphatic carbocycles. The van der Waals surface area contributed by atoms with Gasteiger partial charge in [-0.1, -0.05) is 35.0 Å². The number of nitrogens with zero attached hydrogens (tertiary/aromatic N) is 1. The fraction of sp³-hybridized carbons (Fsp3) is 0.350. The fourth-order valence-corrected chi connectivity index (χ4v) is 5.15. The number of para-hydroxylation sites is 2. The van der Waals surface area contributed by atoms with Crippen LogP contribution < -0.4 is 19.1 Å². The summed E-state index contributed by atoms with van der Waals surface area (Å²) in [6.45, 7) is 4.42. The predicted octanol–water partition coefficient (Wildman–Crippen LogP) is 3.33. The summed E-state index contributed by atoms with van der Waals surface area (Å²) in [5.74, 6) is 0.249. The summed E-state index contributed by atoms with van der Waals surface area (Å²) >= 11 is 3.33. The molecule has 0 radical (unpaired) electrons. The lowest BCUT2D eigenvalue weighted by molar-refractivity contribution is -0.127. The second-order valence-electron chi connectivity index (χ2n) is 6.43. The molecular formula is C20H23BrN2O5S. The highest BCUT2D eigenvalue weighted by molar-refractivity contribution is 9.10. The normalized spacial score (nSPS) is 16.0. The average Bonchev–Trinajstić information content (AvgIpc) is 2.72. The predicted molar refractivity (Wildman–Crippen MR) is 114 cm³/mol. The van der Waals surface area contributed by atoms with Gasteiger partial charge in [0.1, 0.15) is 16.4 Å². The Kier molecular flexibility index (Phi) is 6.69. The van der Waals surface area contributed by atoms with Crippen LogP contribution in [0.3, 0.4) is 0 Å². The minimum Gasteiger partial charge on any atom is -0.492 e. The first-order chi connectivity index (χ1) is 13.9. The molecule has 9 heteroatoms. The Labute approximate surface area is 179 Å². The van der Waals surface area contributed by atoms with Crippen molar-refractivity contribution in [1.29, 1.82) is 0 Å². The maximum absolute atomic E-state index is 13.6. The van der Waals surface area contributed by atoms with Crippen LogP contribution in [0, 0.1) is 0 Å². The average molecular weight is 483 g/mol. The van der Waals surface area contributed by atoms with Crippen molar-refractivity contribution in [3.63, 3.8) is 0 Å². The Hall–Kier alpha value is -2.26. The number of hydrogen-bond donors (Lipinski definition) is 1. The summed E-state index contributed by atoms with van der Waals surface area (Å²) in [6.07, 6.45) is -0.179. The van der Waals surface area contributed by atoms with E-state index in [9.17, 15) is 13.2 Å². The van der Waals surface area contributed by atoms with Gasteiger partial charge in [0, 0.05) is 11.0 Å². The minimum absolute atomic E-state index is 0.0261. The van der Waals surface area contributed by atoms with Crippen molar-refractivity contribution in [2.24, 2.45) is 0 Å². The van der Waals surface area contributed by atoms with Crippen molar-refractivity contribution in [3.8, 4) is 11.5 Å². The summed E-state index contributed by atoms with van der Waals surface area (Å²) in [6, 6.07) is 11.6. The number of anilines is 1. The molecule has 2 aromatic carbocycles. The molecule has 1 unspecified atom stereocenters. The van der Waals surface area contributed by atoms with Gasteiger partial charge in [0.2, 0.25) is 0 Å². The van der Waals surface area contributed by atoms with Gasteiger partial charge in [0.05, 0.1) is 18.8 Å². The summed E-state index contributed by atoms with van der Waals surface area (Å²) in [5, 5.41) is 2.77. The number of fused-ring (bicyclic) bond motifs is 1. The van der Waals surface area contributed by atoms with E-state index in [2.05, 4.69) is 21.2 Å². The maximum atomic E-state index is 13.6. The number of carbonyl (C=O) groups is 1. The second kappa shape index (κ2) is 9.04. The van der Waals surface area contributed by atoms with Gasteiger partial charge in [0.15, 0.2) is 6.10 Å². The van der Waals surface area contributed by atoms with E-state index < -0.39 is 16.1 Å². The number of sulfonamides is 1. The van der Waals surface area contributed by atoms with Crippen LogP contribution in [0.25, 0.3) is 0 Å². The van der Waals surface area contributed by atoms with Gasteiger partial charge in [-0.2, -0.15) is 0 Å². The van der Waals surface area contributed by atoms with Crippen molar-refractivity contribution < 1.29 is 22.7 Å². The second-order valence-corrected chi connectivity index (χ2v) is 9.17. The lowest BCUT2D eigenvalue weighted by Crippen LogP contribution is -2.50. The highest BCUT2D eigenvalue weighted by Gasteiger charge is 2.38. The van der Waals surface area contributed by atoms with Gasteiger partial charge < -0.3 is 14.8 Å². The third-order valence-electron chi connectivity index (χ3n) is 4.35. The number of rotatable bonds is 7. The van der Waals surface area contributed by atoms with Gasteiger partial charge >= 0.3 is 0 Å². The molecule has 0 aromatic heterocycles. The number of carbonyl (C=O) groups excluding carboxylic acids is 1. The highest BCUT2D eigenvalue weighted by atomic mass is 79.9. The molecule has 2 aromatic rings. The first-order valence-electron chi connectivity index (χ1n) is 9.37. The molecule has 0 bridgehead atoms. The quantitative estimate of drug-likeness (QED) is 0.653. The number of hydrogen-bond acceptors (Lipinski definition) is 5. The molecule has 1 aliphatic rings. The third kappa shape index (κ3) is 4.51.